The first-order chi connectivity index (χ1) is 12.8. The van der Waals surface area contributed by atoms with Gasteiger partial charge in [0.1, 0.15) is 5.75 Å². The van der Waals surface area contributed by atoms with Crippen molar-refractivity contribution in [3.05, 3.63) is 30.1 Å². The van der Waals surface area contributed by atoms with E-state index in [9.17, 15) is 0 Å². The molecule has 4 rings (SSSR count). The highest BCUT2D eigenvalue weighted by Crippen LogP contribution is 2.36. The van der Waals surface area contributed by atoms with Crippen molar-refractivity contribution in [1.29, 1.82) is 0 Å². The molecule has 0 saturated carbocycles. The second kappa shape index (κ2) is 6.86. The molecule has 9 nitrogen and oxygen atoms in total. The number of aromatic nitrogens is 4. The second-order valence-corrected chi connectivity index (χ2v) is 7.65. The molecule has 0 bridgehead atoms. The Morgan fingerprint density at radius 2 is 1.89 bits per heavy atom. The van der Waals surface area contributed by atoms with Gasteiger partial charge in [0, 0.05) is 6.54 Å². The number of ether oxygens (including phenoxy) is 2. The third-order valence-electron chi connectivity index (χ3n) is 5.15. The summed E-state index contributed by atoms with van der Waals surface area (Å²) in [5.41, 5.74) is 0.235. The maximum atomic E-state index is 6.06. The first kappa shape index (κ1) is 18.4. The molecule has 10 heteroatoms. The van der Waals surface area contributed by atoms with Crippen molar-refractivity contribution in [3.63, 3.8) is 0 Å². The maximum Gasteiger partial charge on any atom is 0.494 e. The summed E-state index contributed by atoms with van der Waals surface area (Å²) in [5, 5.41) is 15.3. The van der Waals surface area contributed by atoms with Crippen LogP contribution in [0.5, 0.6) is 5.75 Å². The summed E-state index contributed by atoms with van der Waals surface area (Å²) >= 11 is 0. The zero-order valence-corrected chi connectivity index (χ0v) is 16.0. The molecule has 2 saturated heterocycles. The van der Waals surface area contributed by atoms with Crippen molar-refractivity contribution in [1.82, 2.24) is 25.5 Å². The molecule has 0 amide bonds. The topological polar surface area (TPSA) is 92.6 Å². The summed E-state index contributed by atoms with van der Waals surface area (Å²) in [6, 6.07) is 7.65. The SMILES string of the molecule is CC1(C)OB(c2ccc(OCc3nnn(C4NCCO4)n3)cc2)OC1(C)C. The van der Waals surface area contributed by atoms with E-state index in [-0.39, 0.29) is 31.3 Å². The van der Waals surface area contributed by atoms with E-state index in [1.54, 1.807) is 0 Å². The molecule has 0 spiro atoms. The van der Waals surface area contributed by atoms with Gasteiger partial charge in [0.05, 0.1) is 17.8 Å². The molecule has 1 unspecified atom stereocenters. The van der Waals surface area contributed by atoms with Crippen LogP contribution in [0, 0.1) is 0 Å². The molecule has 3 heterocycles. The van der Waals surface area contributed by atoms with Gasteiger partial charge in [-0.25, -0.2) is 0 Å². The second-order valence-electron chi connectivity index (χ2n) is 7.65. The lowest BCUT2D eigenvalue weighted by atomic mass is 9.79. The van der Waals surface area contributed by atoms with Gasteiger partial charge in [0.2, 0.25) is 12.2 Å². The minimum absolute atomic E-state index is 0.225. The summed E-state index contributed by atoms with van der Waals surface area (Å²) in [7, 11) is -0.385. The van der Waals surface area contributed by atoms with Crippen LogP contribution >= 0.6 is 0 Å². The number of rotatable bonds is 5. The molecule has 2 aliphatic rings. The number of hydrogen-bond donors (Lipinski definition) is 1. The van der Waals surface area contributed by atoms with Crippen LogP contribution in [-0.4, -0.2) is 51.7 Å². The third-order valence-corrected chi connectivity index (χ3v) is 5.15. The highest BCUT2D eigenvalue weighted by molar-refractivity contribution is 6.62. The van der Waals surface area contributed by atoms with Gasteiger partial charge in [-0.05, 0) is 50.5 Å². The Kier molecular flexibility index (Phi) is 4.67. The standard InChI is InChI=1S/C17H24BN5O4/c1-16(2)17(3,4)27-18(26-16)12-5-7-13(8-6-12)25-11-14-20-22-23(21-14)15-19-9-10-24-15/h5-8,15,19H,9-11H2,1-4H3. The minimum Gasteiger partial charge on any atom is -0.485 e. The highest BCUT2D eigenvalue weighted by atomic mass is 16.7. The van der Waals surface area contributed by atoms with Crippen LogP contribution < -0.4 is 15.5 Å². The summed E-state index contributed by atoms with van der Waals surface area (Å²) < 4.78 is 23.3. The Bertz CT molecular complexity index is 773. The van der Waals surface area contributed by atoms with Gasteiger partial charge >= 0.3 is 7.12 Å². The lowest BCUT2D eigenvalue weighted by Crippen LogP contribution is -2.41. The van der Waals surface area contributed by atoms with Crippen molar-refractivity contribution < 1.29 is 18.8 Å². The van der Waals surface area contributed by atoms with Gasteiger partial charge in [0.15, 0.2) is 6.61 Å². The van der Waals surface area contributed by atoms with E-state index in [2.05, 4.69) is 20.7 Å². The lowest BCUT2D eigenvalue weighted by Gasteiger charge is -2.32. The maximum absolute atomic E-state index is 6.06. The van der Waals surface area contributed by atoms with Crippen molar-refractivity contribution >= 4 is 12.6 Å². The summed E-state index contributed by atoms with van der Waals surface area (Å²) in [6.07, 6.45) is -0.356. The molecule has 1 aromatic carbocycles. The number of nitrogens with one attached hydrogen (secondary N) is 1. The van der Waals surface area contributed by atoms with Gasteiger partial charge in [-0.3, -0.25) is 5.32 Å². The molecule has 0 aliphatic carbocycles. The molecule has 2 aliphatic heterocycles. The van der Waals surface area contributed by atoms with Crippen LogP contribution in [0.4, 0.5) is 0 Å². The van der Waals surface area contributed by atoms with Gasteiger partial charge < -0.3 is 18.8 Å². The fraction of sp³-hybridized carbons (Fsp3) is 0.588. The van der Waals surface area contributed by atoms with E-state index >= 15 is 0 Å². The van der Waals surface area contributed by atoms with Crippen LogP contribution in [-0.2, 0) is 20.7 Å². The predicted molar refractivity (Wildman–Crippen MR) is 97.3 cm³/mol. The number of hydrogen-bond acceptors (Lipinski definition) is 8. The van der Waals surface area contributed by atoms with Gasteiger partial charge in [-0.1, -0.05) is 12.1 Å². The first-order valence-electron chi connectivity index (χ1n) is 9.06. The first-order valence-corrected chi connectivity index (χ1v) is 9.06. The molecule has 1 aromatic heterocycles. The van der Waals surface area contributed by atoms with E-state index in [1.165, 1.54) is 4.80 Å². The molecular weight excluding hydrogens is 349 g/mol. The van der Waals surface area contributed by atoms with E-state index < -0.39 is 0 Å². The van der Waals surface area contributed by atoms with Crippen molar-refractivity contribution in [2.75, 3.05) is 13.2 Å². The van der Waals surface area contributed by atoms with Crippen molar-refractivity contribution in [2.45, 2.75) is 51.9 Å². The average molecular weight is 373 g/mol. The monoisotopic (exact) mass is 373 g/mol. The zero-order chi connectivity index (χ0) is 19.1. The van der Waals surface area contributed by atoms with Gasteiger partial charge in [-0.2, -0.15) is 0 Å². The number of benzene rings is 1. The van der Waals surface area contributed by atoms with Crippen LogP contribution in [0.2, 0.25) is 0 Å². The summed E-state index contributed by atoms with van der Waals surface area (Å²) in [5.74, 6) is 1.20. The van der Waals surface area contributed by atoms with Crippen molar-refractivity contribution in [2.24, 2.45) is 0 Å². The van der Waals surface area contributed by atoms with Crippen LogP contribution in [0.3, 0.4) is 0 Å². The number of nitrogens with zero attached hydrogens (tertiary/aromatic N) is 4. The molecule has 0 radical (unpaired) electrons. The van der Waals surface area contributed by atoms with E-state index in [0.29, 0.717) is 18.2 Å². The molecular formula is C17H24BN5O4. The zero-order valence-electron chi connectivity index (χ0n) is 16.0. The number of tetrazole rings is 1. The van der Waals surface area contributed by atoms with Crippen molar-refractivity contribution in [3.8, 4) is 5.75 Å². The summed E-state index contributed by atoms with van der Waals surface area (Å²) in [4.78, 5) is 1.41. The molecule has 1 atom stereocenters. The average Bonchev–Trinajstić information content (AvgIpc) is 3.34. The quantitative estimate of drug-likeness (QED) is 0.763. The third kappa shape index (κ3) is 3.70. The van der Waals surface area contributed by atoms with Gasteiger partial charge in [0.25, 0.3) is 0 Å². The minimum atomic E-state index is -0.385. The lowest BCUT2D eigenvalue weighted by molar-refractivity contribution is 0.00578. The van der Waals surface area contributed by atoms with E-state index in [0.717, 1.165) is 12.0 Å². The predicted octanol–water partition coefficient (Wildman–Crippen LogP) is 0.627. The summed E-state index contributed by atoms with van der Waals surface area (Å²) in [6.45, 7) is 9.78. The molecule has 27 heavy (non-hydrogen) atoms. The Hall–Kier alpha value is -2.01. The highest BCUT2D eigenvalue weighted by Gasteiger charge is 2.51. The largest absolute Gasteiger partial charge is 0.494 e. The molecule has 2 aromatic rings. The fourth-order valence-electron chi connectivity index (χ4n) is 2.82. The van der Waals surface area contributed by atoms with E-state index in [4.69, 9.17) is 18.8 Å². The van der Waals surface area contributed by atoms with Crippen LogP contribution in [0.25, 0.3) is 0 Å². The molecule has 1 N–H and O–H groups in total. The Morgan fingerprint density at radius 1 is 1.19 bits per heavy atom. The normalized spacial score (nSPS) is 23.7. The Morgan fingerprint density at radius 3 is 2.52 bits per heavy atom. The smallest absolute Gasteiger partial charge is 0.485 e. The molecule has 2 fully saturated rings. The Balaban J connectivity index is 1.35. The fourth-order valence-corrected chi connectivity index (χ4v) is 2.82. The Labute approximate surface area is 158 Å². The van der Waals surface area contributed by atoms with E-state index in [1.807, 2.05) is 52.0 Å². The van der Waals surface area contributed by atoms with Crippen LogP contribution in [0.15, 0.2) is 24.3 Å². The van der Waals surface area contributed by atoms with Crippen LogP contribution in [0.1, 0.15) is 39.9 Å². The molecule has 144 valence electrons. The van der Waals surface area contributed by atoms with Gasteiger partial charge in [-0.15, -0.1) is 15.0 Å².